The van der Waals surface area contributed by atoms with E-state index >= 15 is 0 Å². The van der Waals surface area contributed by atoms with E-state index in [9.17, 15) is 0 Å². The van der Waals surface area contributed by atoms with Crippen LogP contribution in [0.25, 0.3) is 0 Å². The fourth-order valence-corrected chi connectivity index (χ4v) is 2.52. The average molecular weight is 275 g/mol. The van der Waals surface area contributed by atoms with Crippen molar-refractivity contribution < 1.29 is 4.74 Å². The summed E-state index contributed by atoms with van der Waals surface area (Å²) in [6, 6.07) is 7.98. The van der Waals surface area contributed by atoms with Crippen molar-refractivity contribution in [1.82, 2.24) is 0 Å². The van der Waals surface area contributed by atoms with Gasteiger partial charge in [-0.15, -0.1) is 11.6 Å². The predicted molar refractivity (Wildman–Crippen MR) is 75.0 cm³/mol. The maximum atomic E-state index is 6.17. The summed E-state index contributed by atoms with van der Waals surface area (Å²) < 4.78 is 5.11. The van der Waals surface area contributed by atoms with E-state index in [1.807, 2.05) is 18.2 Å². The maximum absolute atomic E-state index is 6.17. The Morgan fingerprint density at radius 1 is 1.29 bits per heavy atom. The zero-order valence-corrected chi connectivity index (χ0v) is 12.0. The first-order chi connectivity index (χ1) is 8.19. The van der Waals surface area contributed by atoms with Gasteiger partial charge in [0.2, 0.25) is 0 Å². The fourth-order valence-electron chi connectivity index (χ4n) is 1.89. The minimum atomic E-state index is 0.451. The molecule has 1 rings (SSSR count). The van der Waals surface area contributed by atoms with Gasteiger partial charge in [-0.1, -0.05) is 36.7 Å². The van der Waals surface area contributed by atoms with E-state index in [4.69, 9.17) is 27.9 Å². The van der Waals surface area contributed by atoms with Crippen molar-refractivity contribution in [2.45, 2.75) is 19.8 Å². The second-order valence-electron chi connectivity index (χ2n) is 4.47. The van der Waals surface area contributed by atoms with Gasteiger partial charge in [-0.2, -0.15) is 0 Å². The van der Waals surface area contributed by atoms with Crippen molar-refractivity contribution in [3.63, 3.8) is 0 Å². The Kier molecular flexibility index (Phi) is 6.94. The monoisotopic (exact) mass is 274 g/mol. The summed E-state index contributed by atoms with van der Waals surface area (Å²) in [5.41, 5.74) is 1.18. The Morgan fingerprint density at radius 3 is 2.59 bits per heavy atom. The molecule has 0 radical (unpaired) electrons. The van der Waals surface area contributed by atoms with Gasteiger partial charge in [-0.05, 0) is 36.3 Å². The van der Waals surface area contributed by atoms with Gasteiger partial charge in [0.05, 0.1) is 0 Å². The molecular weight excluding hydrogens is 255 g/mol. The van der Waals surface area contributed by atoms with Gasteiger partial charge >= 0.3 is 0 Å². The van der Waals surface area contributed by atoms with Crippen LogP contribution in [0, 0.1) is 11.8 Å². The van der Waals surface area contributed by atoms with Crippen LogP contribution in [0.2, 0.25) is 5.02 Å². The highest BCUT2D eigenvalue weighted by atomic mass is 35.5. The van der Waals surface area contributed by atoms with Crippen molar-refractivity contribution in [3.05, 3.63) is 34.9 Å². The molecule has 2 unspecified atom stereocenters. The zero-order valence-electron chi connectivity index (χ0n) is 10.5. The van der Waals surface area contributed by atoms with Crippen LogP contribution >= 0.6 is 23.2 Å². The number of hydrogen-bond acceptors (Lipinski definition) is 1. The average Bonchev–Trinajstić information content (AvgIpc) is 2.35. The largest absolute Gasteiger partial charge is 0.385 e. The van der Waals surface area contributed by atoms with E-state index in [1.165, 1.54) is 5.56 Å². The Morgan fingerprint density at radius 2 is 2.00 bits per heavy atom. The van der Waals surface area contributed by atoms with Gasteiger partial charge in [-0.3, -0.25) is 0 Å². The Hall–Kier alpha value is -0.240. The van der Waals surface area contributed by atoms with Crippen LogP contribution < -0.4 is 0 Å². The highest BCUT2D eigenvalue weighted by molar-refractivity contribution is 6.31. The summed E-state index contributed by atoms with van der Waals surface area (Å²) in [5, 5.41) is 0.835. The van der Waals surface area contributed by atoms with Gasteiger partial charge < -0.3 is 4.74 Å². The number of halogens is 2. The minimum absolute atomic E-state index is 0.451. The number of benzene rings is 1. The molecule has 0 saturated heterocycles. The van der Waals surface area contributed by atoms with E-state index in [0.717, 1.165) is 24.5 Å². The normalized spacial score (nSPS) is 14.6. The molecule has 0 spiro atoms. The van der Waals surface area contributed by atoms with Crippen molar-refractivity contribution >= 4 is 23.2 Å². The van der Waals surface area contributed by atoms with Crippen LogP contribution in [0.5, 0.6) is 0 Å². The Balaban J connectivity index is 2.60. The highest BCUT2D eigenvalue weighted by Gasteiger charge is 2.17. The first kappa shape index (κ1) is 14.8. The second-order valence-corrected chi connectivity index (χ2v) is 5.18. The molecule has 17 heavy (non-hydrogen) atoms. The summed E-state index contributed by atoms with van der Waals surface area (Å²) in [4.78, 5) is 0. The lowest BCUT2D eigenvalue weighted by atomic mass is 9.87. The number of alkyl halides is 1. The van der Waals surface area contributed by atoms with Crippen molar-refractivity contribution in [1.29, 1.82) is 0 Å². The molecule has 0 saturated carbocycles. The Labute approximate surface area is 114 Å². The van der Waals surface area contributed by atoms with Gasteiger partial charge in [0.15, 0.2) is 0 Å². The van der Waals surface area contributed by atoms with Crippen molar-refractivity contribution in [3.8, 4) is 0 Å². The molecule has 0 fully saturated rings. The molecule has 1 nitrogen and oxygen atoms in total. The summed E-state index contributed by atoms with van der Waals surface area (Å²) in [6.07, 6.45) is 1.98. The third-order valence-electron chi connectivity index (χ3n) is 3.22. The van der Waals surface area contributed by atoms with Crippen LogP contribution in [0.15, 0.2) is 24.3 Å². The number of methoxy groups -OCH3 is 1. The lowest BCUT2D eigenvalue weighted by Crippen LogP contribution is -2.18. The number of ether oxygens (including phenoxy) is 1. The lowest BCUT2D eigenvalue weighted by Gasteiger charge is -2.22. The summed E-state index contributed by atoms with van der Waals surface area (Å²) in [5.74, 6) is 1.66. The van der Waals surface area contributed by atoms with Gasteiger partial charge in [-0.25, -0.2) is 0 Å². The van der Waals surface area contributed by atoms with Crippen LogP contribution in [-0.2, 0) is 11.2 Å². The second kappa shape index (κ2) is 7.97. The lowest BCUT2D eigenvalue weighted by molar-refractivity contribution is 0.168. The standard InChI is InChI=1S/C14H20Cl2O/c1-11(7-8-17-2)13(10-15)9-12-5-3-4-6-14(12)16/h3-6,11,13H,7-10H2,1-2H3. The SMILES string of the molecule is COCCC(C)C(CCl)Cc1ccccc1Cl. The molecule has 1 aromatic carbocycles. The number of rotatable bonds is 7. The van der Waals surface area contributed by atoms with E-state index in [1.54, 1.807) is 7.11 Å². The van der Waals surface area contributed by atoms with Crippen LogP contribution in [-0.4, -0.2) is 19.6 Å². The summed E-state index contributed by atoms with van der Waals surface area (Å²) >= 11 is 12.2. The number of hydrogen-bond donors (Lipinski definition) is 0. The molecular formula is C14H20Cl2O. The molecule has 2 atom stereocenters. The van der Waals surface area contributed by atoms with Crippen molar-refractivity contribution in [2.75, 3.05) is 19.6 Å². The van der Waals surface area contributed by atoms with E-state index < -0.39 is 0 Å². The molecule has 0 aromatic heterocycles. The van der Waals surface area contributed by atoms with Gasteiger partial charge in [0.1, 0.15) is 0 Å². The first-order valence-electron chi connectivity index (χ1n) is 5.97. The maximum Gasteiger partial charge on any atom is 0.0464 e. The summed E-state index contributed by atoms with van der Waals surface area (Å²) in [7, 11) is 1.73. The van der Waals surface area contributed by atoms with Gasteiger partial charge in [0, 0.05) is 24.6 Å². The Bertz CT molecular complexity index is 328. The van der Waals surface area contributed by atoms with Crippen LogP contribution in [0.4, 0.5) is 0 Å². The van der Waals surface area contributed by atoms with E-state index in [0.29, 0.717) is 17.7 Å². The molecule has 0 bridgehead atoms. The first-order valence-corrected chi connectivity index (χ1v) is 6.88. The third-order valence-corrected chi connectivity index (χ3v) is 3.99. The quantitative estimate of drug-likeness (QED) is 0.670. The minimum Gasteiger partial charge on any atom is -0.385 e. The molecule has 0 aliphatic heterocycles. The zero-order chi connectivity index (χ0) is 12.7. The summed E-state index contributed by atoms with van der Waals surface area (Å²) in [6.45, 7) is 3.01. The van der Waals surface area contributed by atoms with Crippen LogP contribution in [0.1, 0.15) is 18.9 Å². The molecule has 0 N–H and O–H groups in total. The van der Waals surface area contributed by atoms with Crippen molar-refractivity contribution in [2.24, 2.45) is 11.8 Å². The molecule has 0 aliphatic carbocycles. The topological polar surface area (TPSA) is 9.23 Å². The molecule has 3 heteroatoms. The van der Waals surface area contributed by atoms with Crippen LogP contribution in [0.3, 0.4) is 0 Å². The van der Waals surface area contributed by atoms with E-state index in [-0.39, 0.29) is 0 Å². The fraction of sp³-hybridized carbons (Fsp3) is 0.571. The molecule has 0 amide bonds. The molecule has 0 aliphatic rings. The predicted octanol–water partition coefficient (Wildman–Crippen LogP) is 4.41. The molecule has 0 heterocycles. The smallest absolute Gasteiger partial charge is 0.0464 e. The third kappa shape index (κ3) is 4.87. The van der Waals surface area contributed by atoms with E-state index in [2.05, 4.69) is 13.0 Å². The highest BCUT2D eigenvalue weighted by Crippen LogP contribution is 2.25. The molecule has 96 valence electrons. The molecule has 1 aromatic rings. The van der Waals surface area contributed by atoms with Gasteiger partial charge in [0.25, 0.3) is 0 Å².